The highest BCUT2D eigenvalue weighted by Crippen LogP contribution is 2.20. The predicted octanol–water partition coefficient (Wildman–Crippen LogP) is 3.90. The predicted molar refractivity (Wildman–Crippen MR) is 76.9 cm³/mol. The van der Waals surface area contributed by atoms with Gasteiger partial charge in [0.15, 0.2) is 0 Å². The Morgan fingerprint density at radius 2 is 1.53 bits per heavy atom. The minimum Gasteiger partial charge on any atom is -0.478 e. The average Bonchev–Trinajstić information content (AvgIpc) is 2.34. The summed E-state index contributed by atoms with van der Waals surface area (Å²) in [5.41, 5.74) is 6.66. The van der Waals surface area contributed by atoms with Crippen LogP contribution in [-0.4, -0.2) is 11.1 Å². The summed E-state index contributed by atoms with van der Waals surface area (Å²) in [5, 5.41) is 8.88. The zero-order valence-corrected chi connectivity index (χ0v) is 11.5. The molecule has 98 valence electrons. The van der Waals surface area contributed by atoms with Crippen LogP contribution >= 0.6 is 0 Å². The summed E-state index contributed by atoms with van der Waals surface area (Å²) < 4.78 is 0. The van der Waals surface area contributed by atoms with Gasteiger partial charge in [-0.25, -0.2) is 4.79 Å². The molecule has 0 spiro atoms. The second-order valence-electron chi connectivity index (χ2n) is 5.06. The van der Waals surface area contributed by atoms with Gasteiger partial charge in [0.05, 0.1) is 5.56 Å². The fraction of sp³-hybridized carbons (Fsp3) is 0.235. The second-order valence-corrected chi connectivity index (χ2v) is 5.06. The molecule has 2 aromatic carbocycles. The molecule has 0 aliphatic rings. The van der Waals surface area contributed by atoms with E-state index in [1.54, 1.807) is 12.1 Å². The van der Waals surface area contributed by atoms with E-state index in [0.29, 0.717) is 5.56 Å². The van der Waals surface area contributed by atoms with E-state index in [-0.39, 0.29) is 0 Å². The lowest BCUT2D eigenvalue weighted by atomic mass is 9.94. The maximum absolute atomic E-state index is 10.8. The molecule has 0 aromatic heterocycles. The van der Waals surface area contributed by atoms with Crippen LogP contribution in [0.15, 0.2) is 36.4 Å². The Balaban J connectivity index is 2.29. The van der Waals surface area contributed by atoms with Gasteiger partial charge in [0.2, 0.25) is 0 Å². The van der Waals surface area contributed by atoms with Crippen molar-refractivity contribution in [3.05, 3.63) is 69.8 Å². The van der Waals surface area contributed by atoms with Crippen molar-refractivity contribution in [2.75, 3.05) is 0 Å². The summed E-state index contributed by atoms with van der Waals surface area (Å²) >= 11 is 0. The van der Waals surface area contributed by atoms with Gasteiger partial charge in [-0.2, -0.15) is 0 Å². The highest BCUT2D eigenvalue weighted by atomic mass is 16.4. The Hall–Kier alpha value is -2.09. The first kappa shape index (κ1) is 13.3. The average molecular weight is 254 g/mol. The summed E-state index contributed by atoms with van der Waals surface area (Å²) in [4.78, 5) is 10.8. The number of aromatic carboxylic acids is 1. The number of aryl methyl sites for hydroxylation is 3. The lowest BCUT2D eigenvalue weighted by Gasteiger charge is -2.11. The Morgan fingerprint density at radius 1 is 1.00 bits per heavy atom. The van der Waals surface area contributed by atoms with Crippen LogP contribution in [0.2, 0.25) is 0 Å². The maximum atomic E-state index is 10.8. The third-order valence-electron chi connectivity index (χ3n) is 3.42. The van der Waals surface area contributed by atoms with E-state index < -0.39 is 5.97 Å². The molecule has 19 heavy (non-hydrogen) atoms. The number of carboxylic acid groups (broad SMARTS) is 1. The van der Waals surface area contributed by atoms with Crippen LogP contribution in [0.5, 0.6) is 0 Å². The first-order chi connectivity index (χ1) is 8.97. The third kappa shape index (κ3) is 3.02. The van der Waals surface area contributed by atoms with Crippen molar-refractivity contribution in [1.82, 2.24) is 0 Å². The number of hydrogen-bond donors (Lipinski definition) is 1. The summed E-state index contributed by atoms with van der Waals surface area (Å²) in [5.74, 6) is -0.880. The van der Waals surface area contributed by atoms with Gasteiger partial charge >= 0.3 is 5.97 Å². The highest BCUT2D eigenvalue weighted by molar-refractivity contribution is 5.87. The van der Waals surface area contributed by atoms with E-state index in [1.165, 1.54) is 22.3 Å². The summed E-state index contributed by atoms with van der Waals surface area (Å²) in [6.07, 6.45) is 0.845. The monoisotopic (exact) mass is 254 g/mol. The molecule has 0 bridgehead atoms. The Morgan fingerprint density at radius 3 is 2.00 bits per heavy atom. The maximum Gasteiger partial charge on any atom is 0.335 e. The minimum absolute atomic E-state index is 0.334. The highest BCUT2D eigenvalue weighted by Gasteiger charge is 2.06. The quantitative estimate of drug-likeness (QED) is 0.902. The number of benzene rings is 2. The Labute approximate surface area is 113 Å². The number of carbonyl (C=O) groups is 1. The largest absolute Gasteiger partial charge is 0.478 e. The van der Waals surface area contributed by atoms with Crippen LogP contribution in [0, 0.1) is 20.8 Å². The molecule has 0 aliphatic carbocycles. The fourth-order valence-electron chi connectivity index (χ4n) is 2.46. The van der Waals surface area contributed by atoms with Crippen LogP contribution in [0.3, 0.4) is 0 Å². The normalized spacial score (nSPS) is 10.5. The van der Waals surface area contributed by atoms with Gasteiger partial charge in [0.25, 0.3) is 0 Å². The summed E-state index contributed by atoms with van der Waals surface area (Å²) in [6.45, 7) is 6.35. The fourth-order valence-corrected chi connectivity index (χ4v) is 2.46. The van der Waals surface area contributed by atoms with Gasteiger partial charge in [-0.1, -0.05) is 29.8 Å². The van der Waals surface area contributed by atoms with Crippen LogP contribution in [-0.2, 0) is 6.42 Å². The van der Waals surface area contributed by atoms with E-state index in [1.807, 2.05) is 12.1 Å². The molecule has 1 N–H and O–H groups in total. The van der Waals surface area contributed by atoms with Gasteiger partial charge < -0.3 is 5.11 Å². The molecule has 2 aromatic rings. The van der Waals surface area contributed by atoms with Crippen molar-refractivity contribution in [3.63, 3.8) is 0 Å². The van der Waals surface area contributed by atoms with Crippen molar-refractivity contribution in [2.24, 2.45) is 0 Å². The Kier molecular flexibility index (Phi) is 3.70. The molecule has 2 heteroatoms. The lowest BCUT2D eigenvalue weighted by Crippen LogP contribution is -1.99. The minimum atomic E-state index is -0.880. The number of carboxylic acids is 1. The molecule has 0 heterocycles. The van der Waals surface area contributed by atoms with Crippen molar-refractivity contribution >= 4 is 5.97 Å². The summed E-state index contributed by atoms with van der Waals surface area (Å²) in [6, 6.07) is 11.5. The topological polar surface area (TPSA) is 37.3 Å². The summed E-state index contributed by atoms with van der Waals surface area (Å²) in [7, 11) is 0. The molecule has 0 saturated heterocycles. The molecular weight excluding hydrogens is 236 g/mol. The van der Waals surface area contributed by atoms with Crippen molar-refractivity contribution < 1.29 is 9.90 Å². The molecule has 2 nitrogen and oxygen atoms in total. The smallest absolute Gasteiger partial charge is 0.335 e. The van der Waals surface area contributed by atoms with Crippen molar-refractivity contribution in [3.8, 4) is 0 Å². The van der Waals surface area contributed by atoms with E-state index in [2.05, 4.69) is 32.9 Å². The molecule has 0 radical (unpaired) electrons. The lowest BCUT2D eigenvalue weighted by molar-refractivity contribution is 0.0697. The molecule has 0 saturated carbocycles. The van der Waals surface area contributed by atoms with E-state index in [4.69, 9.17) is 5.11 Å². The number of rotatable bonds is 3. The zero-order chi connectivity index (χ0) is 14.0. The standard InChI is InChI=1S/C17H18O2/c1-11-8-12(2)16(13(3)9-11)10-14-4-6-15(7-5-14)17(18)19/h4-9H,10H2,1-3H3,(H,18,19). The van der Waals surface area contributed by atoms with Crippen LogP contribution in [0.4, 0.5) is 0 Å². The van der Waals surface area contributed by atoms with Crippen molar-refractivity contribution in [1.29, 1.82) is 0 Å². The molecule has 0 unspecified atom stereocenters. The third-order valence-corrected chi connectivity index (χ3v) is 3.42. The van der Waals surface area contributed by atoms with Gasteiger partial charge in [-0.05, 0) is 61.6 Å². The van der Waals surface area contributed by atoms with Gasteiger partial charge in [-0.3, -0.25) is 0 Å². The van der Waals surface area contributed by atoms with E-state index in [0.717, 1.165) is 12.0 Å². The van der Waals surface area contributed by atoms with Crippen molar-refractivity contribution in [2.45, 2.75) is 27.2 Å². The van der Waals surface area contributed by atoms with Gasteiger partial charge in [0.1, 0.15) is 0 Å². The molecule has 0 atom stereocenters. The van der Waals surface area contributed by atoms with Gasteiger partial charge in [0, 0.05) is 0 Å². The first-order valence-electron chi connectivity index (χ1n) is 6.36. The van der Waals surface area contributed by atoms with Gasteiger partial charge in [-0.15, -0.1) is 0 Å². The second kappa shape index (κ2) is 5.27. The van der Waals surface area contributed by atoms with Crippen LogP contribution in [0.1, 0.15) is 38.2 Å². The Bertz CT molecular complexity index is 587. The molecule has 0 amide bonds. The first-order valence-corrected chi connectivity index (χ1v) is 6.36. The molecule has 0 aliphatic heterocycles. The number of hydrogen-bond acceptors (Lipinski definition) is 1. The molecule has 2 rings (SSSR count). The molecule has 0 fully saturated rings. The van der Waals surface area contributed by atoms with E-state index in [9.17, 15) is 4.79 Å². The molecular formula is C17H18O2. The van der Waals surface area contributed by atoms with Crippen LogP contribution in [0.25, 0.3) is 0 Å². The van der Waals surface area contributed by atoms with Crippen LogP contribution < -0.4 is 0 Å². The SMILES string of the molecule is Cc1cc(C)c(Cc2ccc(C(=O)O)cc2)c(C)c1. The van der Waals surface area contributed by atoms with E-state index >= 15 is 0 Å². The zero-order valence-electron chi connectivity index (χ0n) is 11.5.